The number of fused-ring (bicyclic) bond motifs is 6. The monoisotopic (exact) mass is 1630 g/mol. The summed E-state index contributed by atoms with van der Waals surface area (Å²) >= 11 is 13.3. The van der Waals surface area contributed by atoms with Gasteiger partial charge in [0.25, 0.3) is 0 Å². The zero-order chi connectivity index (χ0) is 78.1. The van der Waals surface area contributed by atoms with Crippen LogP contribution in [0.4, 0.5) is 0 Å². The molecule has 1 unspecified atom stereocenters. The van der Waals surface area contributed by atoms with Crippen molar-refractivity contribution in [1.82, 2.24) is 0 Å². The van der Waals surface area contributed by atoms with Crippen LogP contribution in [0.1, 0.15) is 511 Å². The van der Waals surface area contributed by atoms with Crippen molar-refractivity contribution in [2.45, 2.75) is 540 Å². The highest BCUT2D eigenvalue weighted by Gasteiger charge is 2.20. The molecular formula is C104H184S6. The zero-order valence-corrected chi connectivity index (χ0v) is 79.5. The van der Waals surface area contributed by atoms with Gasteiger partial charge in [0, 0.05) is 35.1 Å². The third kappa shape index (κ3) is 52.6. The smallest absolute Gasteiger partial charge is 0.0215 e. The number of rotatable bonds is 85. The predicted octanol–water partition coefficient (Wildman–Crippen LogP) is 40.5. The fraction of sp³-hybridized carbons (Fsp3) is 0.827. The van der Waals surface area contributed by atoms with Gasteiger partial charge in [-0.3, -0.25) is 0 Å². The van der Waals surface area contributed by atoms with E-state index in [1.165, 1.54) is 529 Å². The lowest BCUT2D eigenvalue weighted by Crippen LogP contribution is -1.98. The predicted molar refractivity (Wildman–Crippen MR) is 519 cm³/mol. The Labute approximate surface area is 714 Å². The molecule has 0 saturated heterocycles. The molecule has 0 aliphatic carbocycles. The Kier molecular flexibility index (Phi) is 70.7. The molecule has 1 atom stereocenters. The van der Waals surface area contributed by atoms with Crippen LogP contribution in [0, 0.1) is 5.92 Å². The van der Waals surface area contributed by atoms with Crippen molar-refractivity contribution in [3.8, 4) is 0 Å². The van der Waals surface area contributed by atoms with Crippen LogP contribution in [-0.2, 0) is 0 Å². The second-order valence-electron chi connectivity index (χ2n) is 35.0. The summed E-state index contributed by atoms with van der Waals surface area (Å²) in [6.45, 7) is 16.6. The first-order chi connectivity index (χ1) is 54.5. The molecule has 0 bridgehead atoms. The van der Waals surface area contributed by atoms with Gasteiger partial charge in [0.2, 0.25) is 0 Å². The quantitative estimate of drug-likeness (QED) is 0.0244. The standard InChI is InChI=1S/C104H184S6/c1-8-14-19-24-29-34-39-44-49-54-59-64-69-74-80-105-99-85-93-94-86-100(106-81-75-70-65-60-55-50-45-40-35-30-25-20-15-9-2)102(108-83-77-72-67-62-57-52-47-42-37-32-27-22-17-11-4)88-96(94)98-90-104(110-91-92(7)79-13-6)103(109-84-78-73-68-63-58-53-48-43-38-33-28-23-18-12-5)89-97(98)95(93)87-101(99)107-82-76-71-66-61-56-51-46-41-36-31-26-21-16-10-3/h85-90,92H,8-84,91H2,1-7H3. The molecule has 0 fully saturated rings. The number of hydrogen-bond donors (Lipinski definition) is 0. The molecule has 0 spiro atoms. The van der Waals surface area contributed by atoms with E-state index < -0.39 is 0 Å². The Hall–Kier alpha value is -0.240. The minimum atomic E-state index is 0.717. The summed E-state index contributed by atoms with van der Waals surface area (Å²) < 4.78 is 0. The van der Waals surface area contributed by atoms with E-state index in [0.717, 1.165) is 5.92 Å². The van der Waals surface area contributed by atoms with Crippen molar-refractivity contribution in [2.24, 2.45) is 5.92 Å². The van der Waals surface area contributed by atoms with E-state index in [9.17, 15) is 0 Å². The fourth-order valence-corrected chi connectivity index (χ4v) is 23.8. The first-order valence-corrected chi connectivity index (χ1v) is 55.7. The molecule has 110 heavy (non-hydrogen) atoms. The Morgan fingerprint density at radius 2 is 0.291 bits per heavy atom. The molecule has 0 radical (unpaired) electrons. The average Bonchev–Trinajstić information content (AvgIpc) is 0.727. The average molecular weight is 1630 g/mol. The second kappa shape index (κ2) is 76.2. The highest BCUT2D eigenvalue weighted by molar-refractivity contribution is 8.03. The van der Waals surface area contributed by atoms with Crippen LogP contribution in [0.25, 0.3) is 32.3 Å². The Balaban J connectivity index is 1.69. The van der Waals surface area contributed by atoms with Crippen LogP contribution >= 0.6 is 70.6 Å². The van der Waals surface area contributed by atoms with Gasteiger partial charge in [0.1, 0.15) is 0 Å². The van der Waals surface area contributed by atoms with Crippen LogP contribution in [0.5, 0.6) is 0 Å². The molecule has 0 N–H and O–H groups in total. The third-order valence-electron chi connectivity index (χ3n) is 24.2. The zero-order valence-electron chi connectivity index (χ0n) is 74.6. The van der Waals surface area contributed by atoms with Gasteiger partial charge in [-0.15, -0.1) is 70.6 Å². The second-order valence-corrected chi connectivity index (χ2v) is 41.7. The number of benzene rings is 4. The highest BCUT2D eigenvalue weighted by atomic mass is 32.2. The molecule has 0 aliphatic rings. The van der Waals surface area contributed by atoms with E-state index in [4.69, 9.17) is 0 Å². The minimum Gasteiger partial charge on any atom is -0.125 e. The van der Waals surface area contributed by atoms with Crippen molar-refractivity contribution in [1.29, 1.82) is 0 Å². The third-order valence-corrected chi connectivity index (χ3v) is 31.7. The van der Waals surface area contributed by atoms with Crippen LogP contribution in [0.15, 0.2) is 65.8 Å². The molecule has 0 nitrogen and oxygen atoms in total. The van der Waals surface area contributed by atoms with E-state index in [0.29, 0.717) is 0 Å². The first-order valence-electron chi connectivity index (χ1n) is 49.8. The maximum Gasteiger partial charge on any atom is 0.0215 e. The maximum atomic E-state index is 2.78. The van der Waals surface area contributed by atoms with Gasteiger partial charge in [-0.25, -0.2) is 0 Å². The summed E-state index contributed by atoms with van der Waals surface area (Å²) in [5.74, 6) is 8.09. The molecule has 0 amide bonds. The lowest BCUT2D eigenvalue weighted by Gasteiger charge is -2.20. The van der Waals surface area contributed by atoms with Gasteiger partial charge in [0.05, 0.1) is 0 Å². The largest absolute Gasteiger partial charge is 0.125 e. The van der Waals surface area contributed by atoms with Crippen LogP contribution in [0.3, 0.4) is 0 Å². The summed E-state index contributed by atoms with van der Waals surface area (Å²) in [4.78, 5) is 9.39. The van der Waals surface area contributed by atoms with Crippen LogP contribution in [-0.4, -0.2) is 34.5 Å². The molecule has 4 aromatic rings. The SMILES string of the molecule is CCCCCCCCCCCCCCCCSc1cc2c3cc(SCCCCCCCCCCCCCCCC)c(SCCCCCCCCCCCCCCCC)cc3c3cc(SCC(C)CCC)c(SCCCCCCCCCCCCCCCC)cc3c2cc1SCCCCCCCCCCCCCCCC. The normalized spacial score (nSPS) is 12.2. The maximum absolute atomic E-state index is 2.78. The molecule has 0 heterocycles. The molecule has 0 aliphatic heterocycles. The van der Waals surface area contributed by atoms with Gasteiger partial charge < -0.3 is 0 Å². The van der Waals surface area contributed by atoms with Crippen LogP contribution in [0.2, 0.25) is 0 Å². The number of hydrogen-bond acceptors (Lipinski definition) is 6. The Bertz CT molecular complexity index is 2590. The van der Waals surface area contributed by atoms with Crippen molar-refractivity contribution in [3.05, 3.63) is 36.4 Å². The van der Waals surface area contributed by atoms with E-state index in [1.807, 2.05) is 0 Å². The first kappa shape index (κ1) is 102. The molecule has 6 heteroatoms. The Morgan fingerprint density at radius 3 is 0.427 bits per heavy atom. The number of thioether (sulfide) groups is 6. The van der Waals surface area contributed by atoms with Gasteiger partial charge >= 0.3 is 0 Å². The lowest BCUT2D eigenvalue weighted by atomic mass is 9.94. The van der Waals surface area contributed by atoms with Crippen molar-refractivity contribution >= 4 is 103 Å². The fourth-order valence-electron chi connectivity index (χ4n) is 16.9. The summed E-state index contributed by atoms with van der Waals surface area (Å²) in [5.41, 5.74) is 0. The summed E-state index contributed by atoms with van der Waals surface area (Å²) in [6.07, 6.45) is 102. The van der Waals surface area contributed by atoms with Crippen LogP contribution < -0.4 is 0 Å². The van der Waals surface area contributed by atoms with Gasteiger partial charge in [-0.05, 0) is 136 Å². The Morgan fingerprint density at radius 1 is 0.164 bits per heavy atom. The van der Waals surface area contributed by atoms with Crippen molar-refractivity contribution in [3.63, 3.8) is 0 Å². The van der Waals surface area contributed by atoms with Gasteiger partial charge in [-0.1, -0.05) is 479 Å². The van der Waals surface area contributed by atoms with Crippen molar-refractivity contribution in [2.75, 3.05) is 34.5 Å². The van der Waals surface area contributed by atoms with E-state index in [2.05, 4.69) is 155 Å². The molecule has 4 rings (SSSR count). The van der Waals surface area contributed by atoms with E-state index in [-0.39, 0.29) is 0 Å². The molecule has 0 aromatic heterocycles. The molecule has 4 aromatic carbocycles. The lowest BCUT2D eigenvalue weighted by molar-refractivity contribution is 0.538. The summed E-state index contributed by atoms with van der Waals surface area (Å²) in [7, 11) is 0. The van der Waals surface area contributed by atoms with E-state index in [1.54, 1.807) is 29.4 Å². The summed E-state index contributed by atoms with van der Waals surface area (Å²) in [6, 6.07) is 16.6. The topological polar surface area (TPSA) is 0 Å². The molecular weight excluding hydrogens is 1440 g/mol. The molecule has 636 valence electrons. The number of unbranched alkanes of at least 4 members (excludes halogenated alkanes) is 65. The van der Waals surface area contributed by atoms with E-state index >= 15 is 0 Å². The molecule has 0 saturated carbocycles. The highest BCUT2D eigenvalue weighted by Crippen LogP contribution is 2.48. The summed E-state index contributed by atoms with van der Waals surface area (Å²) in [5, 5.41) is 9.14. The van der Waals surface area contributed by atoms with Crippen molar-refractivity contribution < 1.29 is 0 Å². The minimum absolute atomic E-state index is 0.717. The van der Waals surface area contributed by atoms with Gasteiger partial charge in [0.15, 0.2) is 0 Å². The van der Waals surface area contributed by atoms with Gasteiger partial charge in [-0.2, -0.15) is 0 Å².